The summed E-state index contributed by atoms with van der Waals surface area (Å²) in [5.74, 6) is 0.243. The SMILES string of the molecule is CCOc1cc(/C=N\NC(=O)CN2CCOCC2)c(Br)cc1O. The number of carbonyl (C=O) groups excluding carboxylic acids is 1. The lowest BCUT2D eigenvalue weighted by Crippen LogP contribution is -2.42. The molecule has 1 aliphatic heterocycles. The van der Waals surface area contributed by atoms with Crippen LogP contribution in [0.4, 0.5) is 0 Å². The van der Waals surface area contributed by atoms with Crippen LogP contribution in [-0.4, -0.2) is 61.6 Å². The number of halogens is 1. The fourth-order valence-electron chi connectivity index (χ4n) is 2.10. The molecule has 1 aliphatic rings. The first-order valence-electron chi connectivity index (χ1n) is 7.37. The number of nitrogens with one attached hydrogen (secondary N) is 1. The molecule has 1 saturated heterocycles. The molecular formula is C15H20BrN3O4. The molecule has 1 fully saturated rings. The molecule has 0 spiro atoms. The van der Waals surface area contributed by atoms with Crippen molar-refractivity contribution in [2.24, 2.45) is 5.10 Å². The van der Waals surface area contributed by atoms with Crippen LogP contribution < -0.4 is 10.2 Å². The predicted octanol–water partition coefficient (Wildman–Crippen LogP) is 1.34. The van der Waals surface area contributed by atoms with E-state index >= 15 is 0 Å². The number of benzene rings is 1. The molecule has 2 rings (SSSR count). The van der Waals surface area contributed by atoms with Crippen molar-refractivity contribution < 1.29 is 19.4 Å². The molecule has 1 aromatic carbocycles. The van der Waals surface area contributed by atoms with Crippen molar-refractivity contribution in [1.82, 2.24) is 10.3 Å². The van der Waals surface area contributed by atoms with Gasteiger partial charge >= 0.3 is 0 Å². The van der Waals surface area contributed by atoms with E-state index in [0.717, 1.165) is 13.1 Å². The van der Waals surface area contributed by atoms with Crippen molar-refractivity contribution in [2.45, 2.75) is 6.92 Å². The lowest BCUT2D eigenvalue weighted by Gasteiger charge is -2.25. The van der Waals surface area contributed by atoms with E-state index in [9.17, 15) is 9.90 Å². The fraction of sp³-hybridized carbons (Fsp3) is 0.467. The number of morpholine rings is 1. The molecule has 0 unspecified atom stereocenters. The van der Waals surface area contributed by atoms with Crippen LogP contribution in [0.3, 0.4) is 0 Å². The third kappa shape index (κ3) is 5.49. The number of aromatic hydroxyl groups is 1. The van der Waals surface area contributed by atoms with Crippen LogP contribution in [0.2, 0.25) is 0 Å². The second kappa shape index (κ2) is 8.85. The van der Waals surface area contributed by atoms with Gasteiger partial charge in [0.05, 0.1) is 32.6 Å². The van der Waals surface area contributed by atoms with Gasteiger partial charge in [-0.15, -0.1) is 0 Å². The van der Waals surface area contributed by atoms with Gasteiger partial charge in [-0.05, 0) is 35.0 Å². The quantitative estimate of drug-likeness (QED) is 0.570. The first kappa shape index (κ1) is 17.7. The maximum atomic E-state index is 11.8. The summed E-state index contributed by atoms with van der Waals surface area (Å²) in [6, 6.07) is 3.18. The van der Waals surface area contributed by atoms with Gasteiger partial charge < -0.3 is 14.6 Å². The molecule has 1 heterocycles. The van der Waals surface area contributed by atoms with E-state index in [1.165, 1.54) is 12.3 Å². The summed E-state index contributed by atoms with van der Waals surface area (Å²) in [5.41, 5.74) is 3.19. The largest absolute Gasteiger partial charge is 0.504 e. The first-order valence-corrected chi connectivity index (χ1v) is 8.16. The van der Waals surface area contributed by atoms with Gasteiger partial charge in [-0.2, -0.15) is 5.10 Å². The minimum Gasteiger partial charge on any atom is -0.504 e. The molecule has 0 atom stereocenters. The molecule has 2 N–H and O–H groups in total. The van der Waals surface area contributed by atoms with Crippen LogP contribution in [0.5, 0.6) is 11.5 Å². The number of nitrogens with zero attached hydrogens (tertiary/aromatic N) is 2. The Morgan fingerprint density at radius 3 is 2.96 bits per heavy atom. The predicted molar refractivity (Wildman–Crippen MR) is 90.0 cm³/mol. The van der Waals surface area contributed by atoms with Crippen molar-refractivity contribution in [3.8, 4) is 11.5 Å². The van der Waals surface area contributed by atoms with Crippen molar-refractivity contribution >= 4 is 28.1 Å². The molecular weight excluding hydrogens is 366 g/mol. The summed E-state index contributed by atoms with van der Waals surface area (Å²) in [4.78, 5) is 13.8. The van der Waals surface area contributed by atoms with Crippen LogP contribution in [-0.2, 0) is 9.53 Å². The molecule has 126 valence electrons. The highest BCUT2D eigenvalue weighted by atomic mass is 79.9. The van der Waals surface area contributed by atoms with Crippen LogP contribution >= 0.6 is 15.9 Å². The van der Waals surface area contributed by atoms with Gasteiger partial charge in [-0.1, -0.05) is 0 Å². The number of ether oxygens (including phenoxy) is 2. The molecule has 1 amide bonds. The number of hydrogen-bond acceptors (Lipinski definition) is 6. The van der Waals surface area contributed by atoms with Crippen LogP contribution in [0.1, 0.15) is 12.5 Å². The Labute approximate surface area is 143 Å². The molecule has 0 saturated carbocycles. The lowest BCUT2D eigenvalue weighted by molar-refractivity contribution is -0.123. The van der Waals surface area contributed by atoms with Crippen LogP contribution in [0.15, 0.2) is 21.7 Å². The molecule has 0 aromatic heterocycles. The molecule has 0 bridgehead atoms. The Morgan fingerprint density at radius 1 is 1.52 bits per heavy atom. The number of phenols is 1. The highest BCUT2D eigenvalue weighted by Crippen LogP contribution is 2.31. The first-order chi connectivity index (χ1) is 11.1. The topological polar surface area (TPSA) is 83.4 Å². The van der Waals surface area contributed by atoms with E-state index in [-0.39, 0.29) is 11.7 Å². The van der Waals surface area contributed by atoms with E-state index in [0.29, 0.717) is 42.2 Å². The monoisotopic (exact) mass is 385 g/mol. The van der Waals surface area contributed by atoms with Crippen LogP contribution in [0.25, 0.3) is 0 Å². The van der Waals surface area contributed by atoms with Gasteiger partial charge in [-0.3, -0.25) is 9.69 Å². The standard InChI is InChI=1S/C15H20BrN3O4/c1-2-23-14-7-11(12(16)8-13(14)20)9-17-18-15(21)10-19-3-5-22-6-4-19/h7-9,20H,2-6,10H2,1H3,(H,18,21)/b17-9-. The van der Waals surface area contributed by atoms with Gasteiger partial charge in [-0.25, -0.2) is 5.43 Å². The van der Waals surface area contributed by atoms with Gasteiger partial charge in [0.2, 0.25) is 0 Å². The Kier molecular flexibility index (Phi) is 6.82. The Hall–Kier alpha value is -1.64. The maximum absolute atomic E-state index is 11.8. The number of phenolic OH excluding ortho intramolecular Hbond substituents is 1. The highest BCUT2D eigenvalue weighted by molar-refractivity contribution is 9.10. The van der Waals surface area contributed by atoms with Crippen molar-refractivity contribution in [3.63, 3.8) is 0 Å². The van der Waals surface area contributed by atoms with Gasteiger partial charge in [0.15, 0.2) is 11.5 Å². The minimum absolute atomic E-state index is 0.0484. The second-order valence-electron chi connectivity index (χ2n) is 4.96. The van der Waals surface area contributed by atoms with E-state index < -0.39 is 0 Å². The molecule has 8 heteroatoms. The second-order valence-corrected chi connectivity index (χ2v) is 5.81. The zero-order valence-corrected chi connectivity index (χ0v) is 14.5. The summed E-state index contributed by atoms with van der Waals surface area (Å²) in [7, 11) is 0. The van der Waals surface area contributed by atoms with Crippen molar-refractivity contribution in [2.75, 3.05) is 39.5 Å². The molecule has 0 aliphatic carbocycles. The van der Waals surface area contributed by atoms with Gasteiger partial charge in [0.25, 0.3) is 5.91 Å². The molecule has 1 aromatic rings. The summed E-state index contributed by atoms with van der Waals surface area (Å²) in [6.07, 6.45) is 1.50. The number of hydrogen-bond donors (Lipinski definition) is 2. The number of rotatable bonds is 6. The summed E-state index contributed by atoms with van der Waals surface area (Å²) in [6.45, 7) is 5.37. The summed E-state index contributed by atoms with van der Waals surface area (Å²) < 4.78 is 11.2. The maximum Gasteiger partial charge on any atom is 0.254 e. The highest BCUT2D eigenvalue weighted by Gasteiger charge is 2.13. The number of hydrazone groups is 1. The van der Waals surface area contributed by atoms with E-state index in [2.05, 4.69) is 26.5 Å². The lowest BCUT2D eigenvalue weighted by atomic mass is 10.2. The Bertz CT molecular complexity index is 574. The fourth-order valence-corrected chi connectivity index (χ4v) is 2.53. The van der Waals surface area contributed by atoms with E-state index in [1.54, 1.807) is 6.07 Å². The third-order valence-corrected chi connectivity index (χ3v) is 3.93. The Morgan fingerprint density at radius 2 is 2.26 bits per heavy atom. The average molecular weight is 386 g/mol. The van der Waals surface area contributed by atoms with E-state index in [1.807, 2.05) is 11.8 Å². The smallest absolute Gasteiger partial charge is 0.254 e. The summed E-state index contributed by atoms with van der Waals surface area (Å²) >= 11 is 3.34. The number of amides is 1. The molecule has 23 heavy (non-hydrogen) atoms. The van der Waals surface area contributed by atoms with Gasteiger partial charge in [0, 0.05) is 23.1 Å². The van der Waals surface area contributed by atoms with Crippen LogP contribution in [0, 0.1) is 0 Å². The van der Waals surface area contributed by atoms with Crippen molar-refractivity contribution in [3.05, 3.63) is 22.2 Å². The molecule has 0 radical (unpaired) electrons. The zero-order chi connectivity index (χ0) is 16.7. The van der Waals surface area contributed by atoms with E-state index in [4.69, 9.17) is 9.47 Å². The Balaban J connectivity index is 1.91. The molecule has 7 nitrogen and oxygen atoms in total. The zero-order valence-electron chi connectivity index (χ0n) is 12.9. The average Bonchev–Trinajstić information content (AvgIpc) is 2.52. The third-order valence-electron chi connectivity index (χ3n) is 3.24. The minimum atomic E-state index is -0.178. The van der Waals surface area contributed by atoms with Crippen molar-refractivity contribution in [1.29, 1.82) is 0 Å². The normalized spacial score (nSPS) is 15.7. The summed E-state index contributed by atoms with van der Waals surface area (Å²) in [5, 5.41) is 13.7. The number of carbonyl (C=O) groups is 1. The van der Waals surface area contributed by atoms with Gasteiger partial charge in [0.1, 0.15) is 0 Å².